The fourth-order valence-corrected chi connectivity index (χ4v) is 3.90. The Hall–Kier alpha value is -2.15. The molecule has 0 saturated heterocycles. The molecule has 31 heavy (non-hydrogen) atoms. The summed E-state index contributed by atoms with van der Waals surface area (Å²) in [5.41, 5.74) is 6.15. The average molecular weight is 536 g/mol. The number of ether oxygens (including phenoxy) is 1. The summed E-state index contributed by atoms with van der Waals surface area (Å²) in [7, 11) is -0.616. The predicted octanol–water partition coefficient (Wildman–Crippen LogP) is 2.39. The molecule has 0 unspecified atom stereocenters. The second-order valence-electron chi connectivity index (χ2n) is 6.72. The van der Waals surface area contributed by atoms with Gasteiger partial charge in [0.25, 0.3) is 10.0 Å². The largest absolute Gasteiger partial charge is 0.492 e. The number of nitrogens with zero attached hydrogens (tertiary/aromatic N) is 4. The minimum Gasteiger partial charge on any atom is -0.492 e. The number of hydrogen-bond donors (Lipinski definition) is 3. The Morgan fingerprint density at radius 3 is 2.87 bits per heavy atom. The lowest BCUT2D eigenvalue weighted by Crippen LogP contribution is -2.25. The zero-order valence-corrected chi connectivity index (χ0v) is 20.2. The Bertz CT molecular complexity index is 1020. The first-order chi connectivity index (χ1) is 14.6. The Morgan fingerprint density at radius 1 is 1.45 bits per heavy atom. The highest BCUT2D eigenvalue weighted by molar-refractivity contribution is 9.10. The summed E-state index contributed by atoms with van der Waals surface area (Å²) in [6.45, 7) is 0.0540. The van der Waals surface area contributed by atoms with Crippen LogP contribution < -0.4 is 15.8 Å². The number of hydrogen-bond acceptors (Lipinski definition) is 8. The standard InChI is InChI=1S/C18H24BrClN6O4S/c1-26(2)11-23-31(28,29)16-6-5-12(21)8-15(16)30-7-3-4-13(10-27)24-17-14(19)9-22-18(20)25-17/h5-6,8-9,11,13,27H,3-4,7,10,21H2,1-2H3,(H,22,24,25)/t13-/m1/s1. The van der Waals surface area contributed by atoms with Gasteiger partial charge in [-0.1, -0.05) is 0 Å². The molecular weight excluding hydrogens is 512 g/mol. The Labute approximate surface area is 194 Å². The maximum atomic E-state index is 12.5. The second kappa shape index (κ2) is 11.5. The number of rotatable bonds is 11. The monoisotopic (exact) mass is 534 g/mol. The summed E-state index contributed by atoms with van der Waals surface area (Å²) in [5.74, 6) is 0.581. The van der Waals surface area contributed by atoms with Gasteiger partial charge in [-0.25, -0.2) is 4.98 Å². The van der Waals surface area contributed by atoms with Gasteiger partial charge in [-0.2, -0.15) is 13.4 Å². The van der Waals surface area contributed by atoms with Crippen LogP contribution in [-0.2, 0) is 10.0 Å². The molecule has 1 atom stereocenters. The average Bonchev–Trinajstić information content (AvgIpc) is 2.71. The van der Waals surface area contributed by atoms with E-state index in [1.54, 1.807) is 14.1 Å². The van der Waals surface area contributed by atoms with Crippen LogP contribution in [0.4, 0.5) is 11.5 Å². The van der Waals surface area contributed by atoms with E-state index < -0.39 is 10.0 Å². The number of aliphatic hydroxyl groups excluding tert-OH is 1. The van der Waals surface area contributed by atoms with Crippen molar-refractivity contribution in [2.24, 2.45) is 4.40 Å². The number of aromatic nitrogens is 2. The second-order valence-corrected chi connectivity index (χ2v) is 9.51. The van der Waals surface area contributed by atoms with Gasteiger partial charge >= 0.3 is 0 Å². The van der Waals surface area contributed by atoms with Crippen LogP contribution in [0.15, 0.2) is 38.2 Å². The van der Waals surface area contributed by atoms with Crippen LogP contribution in [0.1, 0.15) is 12.8 Å². The van der Waals surface area contributed by atoms with Crippen molar-refractivity contribution < 1.29 is 18.3 Å². The molecule has 0 saturated carbocycles. The molecule has 0 fully saturated rings. The van der Waals surface area contributed by atoms with E-state index >= 15 is 0 Å². The number of aliphatic hydroxyl groups is 1. The number of nitrogens with two attached hydrogens (primary N) is 1. The van der Waals surface area contributed by atoms with Gasteiger partial charge in [0, 0.05) is 32.0 Å². The van der Waals surface area contributed by atoms with Crippen molar-refractivity contribution in [3.8, 4) is 5.75 Å². The molecule has 0 aliphatic rings. The minimum absolute atomic E-state index is 0.0730. The third-order valence-corrected chi connectivity index (χ3v) is 5.92. The summed E-state index contributed by atoms with van der Waals surface area (Å²) in [6.07, 6.45) is 3.75. The smallest absolute Gasteiger partial charge is 0.287 e. The minimum atomic E-state index is -3.95. The maximum Gasteiger partial charge on any atom is 0.287 e. The summed E-state index contributed by atoms with van der Waals surface area (Å²) in [4.78, 5) is 9.36. The van der Waals surface area contributed by atoms with Crippen molar-refractivity contribution in [1.82, 2.24) is 14.9 Å². The third kappa shape index (κ3) is 7.80. The molecule has 13 heteroatoms. The molecule has 1 heterocycles. The van der Waals surface area contributed by atoms with Crippen molar-refractivity contribution in [2.45, 2.75) is 23.8 Å². The molecule has 0 amide bonds. The SMILES string of the molecule is CN(C)C=NS(=O)(=O)c1ccc(N)cc1OCCC[C@H](CO)Nc1nc(Cl)ncc1Br. The van der Waals surface area contributed by atoms with Gasteiger partial charge in [0.15, 0.2) is 0 Å². The molecule has 10 nitrogen and oxygen atoms in total. The fourth-order valence-electron chi connectivity index (χ4n) is 2.42. The molecule has 0 radical (unpaired) electrons. The molecule has 170 valence electrons. The highest BCUT2D eigenvalue weighted by Gasteiger charge is 2.19. The zero-order chi connectivity index (χ0) is 23.0. The van der Waals surface area contributed by atoms with Crippen molar-refractivity contribution in [3.05, 3.63) is 34.2 Å². The number of benzene rings is 1. The van der Waals surface area contributed by atoms with Crippen molar-refractivity contribution >= 4 is 55.4 Å². The van der Waals surface area contributed by atoms with E-state index in [4.69, 9.17) is 22.1 Å². The van der Waals surface area contributed by atoms with Gasteiger partial charge in [0.2, 0.25) is 5.28 Å². The molecular formula is C18H24BrClN6O4S. The van der Waals surface area contributed by atoms with Crippen LogP contribution in [0.25, 0.3) is 0 Å². The molecule has 2 aromatic rings. The Balaban J connectivity index is 2.01. The summed E-state index contributed by atoms with van der Waals surface area (Å²) < 4.78 is 34.9. The van der Waals surface area contributed by atoms with Crippen LogP contribution in [0, 0.1) is 0 Å². The summed E-state index contributed by atoms with van der Waals surface area (Å²) >= 11 is 9.12. The lowest BCUT2D eigenvalue weighted by molar-refractivity contribution is 0.250. The normalized spacial score (nSPS) is 12.7. The first kappa shape index (κ1) is 25.1. The molecule has 0 aliphatic heterocycles. The van der Waals surface area contributed by atoms with E-state index in [0.29, 0.717) is 28.8 Å². The summed E-state index contributed by atoms with van der Waals surface area (Å²) in [6, 6.07) is 3.96. The van der Waals surface area contributed by atoms with Crippen LogP contribution in [-0.4, -0.2) is 68.1 Å². The van der Waals surface area contributed by atoms with Crippen LogP contribution in [0.2, 0.25) is 5.28 Å². The van der Waals surface area contributed by atoms with Crippen LogP contribution in [0.5, 0.6) is 5.75 Å². The number of sulfonamides is 1. The van der Waals surface area contributed by atoms with Gasteiger partial charge in [-0.3, -0.25) is 0 Å². The number of anilines is 2. The van der Waals surface area contributed by atoms with Gasteiger partial charge in [-0.15, -0.1) is 4.40 Å². The number of nitrogen functional groups attached to an aromatic ring is 1. The predicted molar refractivity (Wildman–Crippen MR) is 124 cm³/mol. The molecule has 1 aromatic heterocycles. The van der Waals surface area contributed by atoms with Gasteiger partial charge in [-0.05, 0) is 52.5 Å². The molecule has 1 aromatic carbocycles. The van der Waals surface area contributed by atoms with Crippen molar-refractivity contribution in [3.63, 3.8) is 0 Å². The quantitative estimate of drug-likeness (QED) is 0.130. The van der Waals surface area contributed by atoms with E-state index in [9.17, 15) is 13.5 Å². The maximum absolute atomic E-state index is 12.5. The molecule has 4 N–H and O–H groups in total. The Kier molecular flexibility index (Phi) is 9.29. The lowest BCUT2D eigenvalue weighted by atomic mass is 10.1. The van der Waals surface area contributed by atoms with E-state index in [1.807, 2.05) is 0 Å². The van der Waals surface area contributed by atoms with Crippen molar-refractivity contribution in [2.75, 3.05) is 38.4 Å². The van der Waals surface area contributed by atoms with Gasteiger partial charge < -0.3 is 25.8 Å². The van der Waals surface area contributed by atoms with E-state index in [1.165, 1.54) is 35.6 Å². The number of halogens is 2. The Morgan fingerprint density at radius 2 is 2.19 bits per heavy atom. The lowest BCUT2D eigenvalue weighted by Gasteiger charge is -2.18. The van der Waals surface area contributed by atoms with Crippen LogP contribution >= 0.6 is 27.5 Å². The van der Waals surface area contributed by atoms with E-state index in [2.05, 4.69) is 35.6 Å². The third-order valence-electron chi connectivity index (χ3n) is 3.89. The fraction of sp³-hybridized carbons (Fsp3) is 0.389. The molecule has 0 spiro atoms. The van der Waals surface area contributed by atoms with E-state index in [-0.39, 0.29) is 35.2 Å². The van der Waals surface area contributed by atoms with Gasteiger partial charge in [0.1, 0.15) is 22.8 Å². The highest BCUT2D eigenvalue weighted by atomic mass is 79.9. The first-order valence-electron chi connectivity index (χ1n) is 9.17. The topological polar surface area (TPSA) is 143 Å². The van der Waals surface area contributed by atoms with Gasteiger partial charge in [0.05, 0.1) is 23.7 Å². The number of nitrogens with one attached hydrogen (secondary N) is 1. The highest BCUT2D eigenvalue weighted by Crippen LogP contribution is 2.28. The van der Waals surface area contributed by atoms with E-state index in [0.717, 1.165) is 0 Å². The molecule has 0 bridgehead atoms. The zero-order valence-electron chi connectivity index (χ0n) is 17.0. The molecule has 2 rings (SSSR count). The van der Waals surface area contributed by atoms with Crippen molar-refractivity contribution in [1.29, 1.82) is 0 Å². The molecule has 0 aliphatic carbocycles. The van der Waals surface area contributed by atoms with Crippen LogP contribution in [0.3, 0.4) is 0 Å². The first-order valence-corrected chi connectivity index (χ1v) is 11.8. The summed E-state index contributed by atoms with van der Waals surface area (Å²) in [5, 5.41) is 12.8.